The van der Waals surface area contributed by atoms with Crippen molar-refractivity contribution in [2.45, 2.75) is 25.7 Å². The Balaban J connectivity index is 1.63. The Morgan fingerprint density at radius 2 is 1.83 bits per heavy atom. The van der Waals surface area contributed by atoms with Gasteiger partial charge in [-0.05, 0) is 31.2 Å². The van der Waals surface area contributed by atoms with Crippen LogP contribution in [0.4, 0.5) is 0 Å². The van der Waals surface area contributed by atoms with Crippen LogP contribution in [0, 0.1) is 0 Å². The monoisotopic (exact) mass is 317 g/mol. The molecule has 0 saturated heterocycles. The van der Waals surface area contributed by atoms with Crippen LogP contribution in [0.1, 0.15) is 23.2 Å². The number of amides is 1. The van der Waals surface area contributed by atoms with E-state index in [1.807, 2.05) is 6.07 Å². The summed E-state index contributed by atoms with van der Waals surface area (Å²) in [7, 11) is 0. The van der Waals surface area contributed by atoms with Crippen molar-refractivity contribution in [2.24, 2.45) is 0 Å². The van der Waals surface area contributed by atoms with Crippen molar-refractivity contribution in [3.05, 3.63) is 47.9 Å². The number of carboxylic acid groups (broad SMARTS) is 1. The maximum absolute atomic E-state index is 12.3. The molecule has 0 radical (unpaired) electrons. The quantitative estimate of drug-likeness (QED) is 0.892. The van der Waals surface area contributed by atoms with Crippen LogP contribution in [-0.4, -0.2) is 29.2 Å². The highest BCUT2D eigenvalue weighted by atomic mass is 16.6. The third kappa shape index (κ3) is 3.13. The first kappa shape index (κ1) is 15.0. The van der Waals surface area contributed by atoms with Gasteiger partial charge in [0.25, 0.3) is 5.91 Å². The van der Waals surface area contributed by atoms with Gasteiger partial charge in [-0.2, -0.15) is 0 Å². The Kier molecular flexibility index (Phi) is 3.92. The molecule has 0 saturated carbocycles. The van der Waals surface area contributed by atoms with Crippen molar-refractivity contribution in [1.82, 2.24) is 5.32 Å². The number of rotatable bonds is 4. The van der Waals surface area contributed by atoms with E-state index in [2.05, 4.69) is 5.32 Å². The third-order valence-electron chi connectivity index (χ3n) is 3.41. The van der Waals surface area contributed by atoms with E-state index in [0.29, 0.717) is 17.3 Å². The van der Waals surface area contributed by atoms with Crippen molar-refractivity contribution in [1.29, 1.82) is 0 Å². The lowest BCUT2D eigenvalue weighted by Gasteiger charge is -2.30. The van der Waals surface area contributed by atoms with Crippen molar-refractivity contribution in [2.75, 3.05) is 0 Å². The van der Waals surface area contributed by atoms with Gasteiger partial charge >= 0.3 is 5.97 Å². The summed E-state index contributed by atoms with van der Waals surface area (Å²) in [6, 6.07) is 9.96. The highest BCUT2D eigenvalue weighted by Gasteiger charge is 2.33. The van der Waals surface area contributed by atoms with Gasteiger partial charge < -0.3 is 24.3 Å². The maximum Gasteiger partial charge on any atom is 0.371 e. The number of ether oxygens (including phenoxy) is 2. The summed E-state index contributed by atoms with van der Waals surface area (Å²) in [5, 5.41) is 11.4. The van der Waals surface area contributed by atoms with Crippen molar-refractivity contribution in [3.8, 4) is 11.5 Å². The molecule has 7 heteroatoms. The van der Waals surface area contributed by atoms with Crippen molar-refractivity contribution < 1.29 is 28.6 Å². The van der Waals surface area contributed by atoms with E-state index in [1.54, 1.807) is 25.1 Å². The summed E-state index contributed by atoms with van der Waals surface area (Å²) in [6.45, 7) is 1.82. The normalized spacial score (nSPS) is 19.2. The van der Waals surface area contributed by atoms with Crippen LogP contribution in [0.5, 0.6) is 11.5 Å². The molecule has 1 aliphatic rings. The predicted molar refractivity (Wildman–Crippen MR) is 78.5 cm³/mol. The zero-order valence-electron chi connectivity index (χ0n) is 12.3. The molecule has 1 amide bonds. The molecule has 7 nitrogen and oxygen atoms in total. The second-order valence-electron chi connectivity index (χ2n) is 5.10. The van der Waals surface area contributed by atoms with Crippen LogP contribution < -0.4 is 14.8 Å². The number of carboxylic acids is 1. The van der Waals surface area contributed by atoms with E-state index in [-0.39, 0.29) is 18.2 Å². The van der Waals surface area contributed by atoms with Crippen LogP contribution >= 0.6 is 0 Å². The molecule has 2 atom stereocenters. The van der Waals surface area contributed by atoms with Gasteiger partial charge in [0.05, 0.1) is 6.54 Å². The Morgan fingerprint density at radius 1 is 1.13 bits per heavy atom. The summed E-state index contributed by atoms with van der Waals surface area (Å²) in [6.07, 6.45) is -1.24. The number of hydrogen-bond donors (Lipinski definition) is 2. The second kappa shape index (κ2) is 6.04. The second-order valence-corrected chi connectivity index (χ2v) is 5.10. The Morgan fingerprint density at radius 3 is 2.48 bits per heavy atom. The van der Waals surface area contributed by atoms with Crippen molar-refractivity contribution in [3.63, 3.8) is 0 Å². The van der Waals surface area contributed by atoms with Gasteiger partial charge in [0.1, 0.15) is 11.9 Å². The summed E-state index contributed by atoms with van der Waals surface area (Å²) in [5.74, 6) is -0.232. The van der Waals surface area contributed by atoms with E-state index in [0.717, 1.165) is 0 Å². The first-order valence-corrected chi connectivity index (χ1v) is 7.06. The molecule has 0 fully saturated rings. The largest absolute Gasteiger partial charge is 0.482 e. The highest BCUT2D eigenvalue weighted by Crippen LogP contribution is 2.33. The lowest BCUT2D eigenvalue weighted by molar-refractivity contribution is -0.133. The number of aromatic carboxylic acids is 1. The molecule has 1 aromatic carbocycles. The summed E-state index contributed by atoms with van der Waals surface area (Å²) >= 11 is 0. The lowest BCUT2D eigenvalue weighted by Crippen LogP contribution is -2.48. The molecule has 2 unspecified atom stereocenters. The molecule has 1 aliphatic heterocycles. The number of furan rings is 1. The number of carbonyl (C=O) groups is 2. The highest BCUT2D eigenvalue weighted by molar-refractivity contribution is 5.84. The summed E-state index contributed by atoms with van der Waals surface area (Å²) in [4.78, 5) is 23.0. The molecule has 0 spiro atoms. The molecule has 3 rings (SSSR count). The average molecular weight is 317 g/mol. The maximum atomic E-state index is 12.3. The molecule has 0 bridgehead atoms. The molecular weight excluding hydrogens is 302 g/mol. The zero-order chi connectivity index (χ0) is 16.4. The van der Waals surface area contributed by atoms with E-state index < -0.39 is 18.2 Å². The smallest absolute Gasteiger partial charge is 0.371 e. The Labute approximate surface area is 131 Å². The Hall–Kier alpha value is -2.96. The molecule has 120 valence electrons. The van der Waals surface area contributed by atoms with Crippen LogP contribution in [0.25, 0.3) is 0 Å². The van der Waals surface area contributed by atoms with Crippen LogP contribution in [0.3, 0.4) is 0 Å². The fourth-order valence-electron chi connectivity index (χ4n) is 2.27. The van der Waals surface area contributed by atoms with Gasteiger partial charge in [0.15, 0.2) is 11.5 Å². The number of para-hydroxylation sites is 2. The number of benzene rings is 1. The molecule has 23 heavy (non-hydrogen) atoms. The van der Waals surface area contributed by atoms with E-state index in [4.69, 9.17) is 19.0 Å². The molecular formula is C16H15NO6. The number of carbonyl (C=O) groups excluding carboxylic acids is 1. The fourth-order valence-corrected chi connectivity index (χ4v) is 2.27. The molecule has 1 aromatic heterocycles. The van der Waals surface area contributed by atoms with E-state index >= 15 is 0 Å². The molecule has 2 aromatic rings. The van der Waals surface area contributed by atoms with Crippen LogP contribution in [0.2, 0.25) is 0 Å². The van der Waals surface area contributed by atoms with Gasteiger partial charge in [0, 0.05) is 0 Å². The number of hydrogen-bond acceptors (Lipinski definition) is 5. The van der Waals surface area contributed by atoms with Gasteiger partial charge in [0.2, 0.25) is 11.9 Å². The lowest BCUT2D eigenvalue weighted by atomic mass is 10.1. The van der Waals surface area contributed by atoms with Gasteiger partial charge in [-0.15, -0.1) is 0 Å². The average Bonchev–Trinajstić information content (AvgIpc) is 3.01. The SMILES string of the molecule is CC1Oc2ccccc2OC1C(=O)NCc1ccc(C(=O)O)o1. The summed E-state index contributed by atoms with van der Waals surface area (Å²) in [5.41, 5.74) is 0. The van der Waals surface area contributed by atoms with E-state index in [9.17, 15) is 9.59 Å². The van der Waals surface area contributed by atoms with Gasteiger partial charge in [-0.25, -0.2) is 4.79 Å². The minimum absolute atomic E-state index is 0.0698. The Bertz CT molecular complexity index is 738. The van der Waals surface area contributed by atoms with Crippen LogP contribution in [-0.2, 0) is 11.3 Å². The predicted octanol–water partition coefficient (Wildman–Crippen LogP) is 1.82. The third-order valence-corrected chi connectivity index (χ3v) is 3.41. The number of nitrogens with one attached hydrogen (secondary N) is 1. The summed E-state index contributed by atoms with van der Waals surface area (Å²) < 4.78 is 16.4. The molecule has 2 N–H and O–H groups in total. The van der Waals surface area contributed by atoms with Crippen molar-refractivity contribution >= 4 is 11.9 Å². The van der Waals surface area contributed by atoms with Gasteiger partial charge in [-0.3, -0.25) is 4.79 Å². The molecule has 2 heterocycles. The van der Waals surface area contributed by atoms with Gasteiger partial charge in [-0.1, -0.05) is 12.1 Å². The zero-order valence-corrected chi connectivity index (χ0v) is 12.3. The fraction of sp³-hybridized carbons (Fsp3) is 0.250. The molecule has 0 aliphatic carbocycles. The topological polar surface area (TPSA) is 98.0 Å². The van der Waals surface area contributed by atoms with E-state index in [1.165, 1.54) is 12.1 Å². The minimum atomic E-state index is -1.16. The first-order valence-electron chi connectivity index (χ1n) is 7.06. The minimum Gasteiger partial charge on any atom is -0.482 e. The number of fused-ring (bicyclic) bond motifs is 1. The standard InChI is InChI=1S/C16H15NO6/c1-9-14(23-12-5-3-2-4-11(12)21-9)15(18)17-8-10-6-7-13(22-10)16(19)20/h2-7,9,14H,8H2,1H3,(H,17,18)(H,19,20). The first-order chi connectivity index (χ1) is 11.0. The van der Waals surface area contributed by atoms with Crippen LogP contribution in [0.15, 0.2) is 40.8 Å².